The second-order valence-electron chi connectivity index (χ2n) is 4.35. The number of anilines is 2. The summed E-state index contributed by atoms with van der Waals surface area (Å²) in [6, 6.07) is 5.17. The Balaban J connectivity index is 3.04. The Kier molecular flexibility index (Phi) is 6.31. The lowest BCUT2D eigenvalue weighted by Crippen LogP contribution is -2.31. The van der Waals surface area contributed by atoms with Crippen LogP contribution in [0.4, 0.5) is 11.4 Å². The van der Waals surface area contributed by atoms with Gasteiger partial charge in [0.05, 0.1) is 17.8 Å². The van der Waals surface area contributed by atoms with Crippen LogP contribution in [0.15, 0.2) is 18.2 Å². The van der Waals surface area contributed by atoms with Crippen LogP contribution in [0.25, 0.3) is 0 Å². The standard InChI is InChI=1S/C14H19ClN2O3/c1-4-7-17(9-14(19)20-3)13-8-11(16-10(2)18)5-6-12(13)15/h5-6,8H,4,7,9H2,1-3H3,(H,16,18). The van der Waals surface area contributed by atoms with Gasteiger partial charge in [-0.15, -0.1) is 0 Å². The molecule has 1 rings (SSSR count). The molecule has 0 aliphatic rings. The summed E-state index contributed by atoms with van der Waals surface area (Å²) in [6.45, 7) is 4.23. The van der Waals surface area contributed by atoms with Crippen LogP contribution in [-0.2, 0) is 14.3 Å². The lowest BCUT2D eigenvalue weighted by molar-refractivity contribution is -0.139. The molecule has 20 heavy (non-hydrogen) atoms. The number of nitrogens with zero attached hydrogens (tertiary/aromatic N) is 1. The first-order valence-corrected chi connectivity index (χ1v) is 6.74. The highest BCUT2D eigenvalue weighted by atomic mass is 35.5. The van der Waals surface area contributed by atoms with E-state index in [0.717, 1.165) is 6.42 Å². The second kappa shape index (κ2) is 7.75. The van der Waals surface area contributed by atoms with Crippen LogP contribution in [0.2, 0.25) is 5.02 Å². The van der Waals surface area contributed by atoms with Crippen LogP contribution in [0.1, 0.15) is 20.3 Å². The molecule has 0 unspecified atom stereocenters. The molecule has 0 fully saturated rings. The molecule has 1 amide bonds. The van der Waals surface area contributed by atoms with E-state index in [-0.39, 0.29) is 18.4 Å². The van der Waals surface area contributed by atoms with Gasteiger partial charge < -0.3 is 15.0 Å². The van der Waals surface area contributed by atoms with E-state index in [1.54, 1.807) is 18.2 Å². The molecule has 0 spiro atoms. The van der Waals surface area contributed by atoms with E-state index in [4.69, 9.17) is 11.6 Å². The van der Waals surface area contributed by atoms with Gasteiger partial charge in [-0.05, 0) is 24.6 Å². The van der Waals surface area contributed by atoms with Crippen molar-refractivity contribution in [3.05, 3.63) is 23.2 Å². The molecule has 0 bridgehead atoms. The summed E-state index contributed by atoms with van der Waals surface area (Å²) >= 11 is 6.18. The highest BCUT2D eigenvalue weighted by Gasteiger charge is 2.15. The maximum Gasteiger partial charge on any atom is 0.325 e. The Morgan fingerprint density at radius 3 is 2.65 bits per heavy atom. The third-order valence-electron chi connectivity index (χ3n) is 2.65. The quantitative estimate of drug-likeness (QED) is 0.820. The first-order chi connectivity index (χ1) is 9.47. The molecule has 0 saturated heterocycles. The minimum Gasteiger partial charge on any atom is -0.468 e. The minimum absolute atomic E-state index is 0.119. The smallest absolute Gasteiger partial charge is 0.325 e. The maximum atomic E-state index is 11.5. The number of hydrogen-bond acceptors (Lipinski definition) is 4. The Bertz CT molecular complexity index is 491. The third-order valence-corrected chi connectivity index (χ3v) is 2.97. The summed E-state index contributed by atoms with van der Waals surface area (Å²) in [4.78, 5) is 24.4. The average Bonchev–Trinajstić information content (AvgIpc) is 2.39. The van der Waals surface area contributed by atoms with Gasteiger partial charge in [-0.3, -0.25) is 9.59 Å². The van der Waals surface area contributed by atoms with Crippen molar-refractivity contribution in [2.75, 3.05) is 30.4 Å². The zero-order valence-electron chi connectivity index (χ0n) is 11.9. The largest absolute Gasteiger partial charge is 0.468 e. The molecule has 1 aromatic carbocycles. The Hall–Kier alpha value is -1.75. The second-order valence-corrected chi connectivity index (χ2v) is 4.75. The number of carbonyl (C=O) groups excluding carboxylic acids is 2. The van der Waals surface area contributed by atoms with Crippen LogP contribution in [0.5, 0.6) is 0 Å². The number of esters is 1. The highest BCUT2D eigenvalue weighted by Crippen LogP contribution is 2.29. The predicted molar refractivity (Wildman–Crippen MR) is 80.3 cm³/mol. The predicted octanol–water partition coefficient (Wildman–Crippen LogP) is 2.69. The number of hydrogen-bond donors (Lipinski definition) is 1. The zero-order chi connectivity index (χ0) is 15.1. The molecule has 0 aliphatic heterocycles. The Morgan fingerprint density at radius 2 is 2.10 bits per heavy atom. The van der Waals surface area contributed by atoms with Crippen LogP contribution < -0.4 is 10.2 Å². The van der Waals surface area contributed by atoms with E-state index in [2.05, 4.69) is 10.1 Å². The number of halogens is 1. The normalized spacial score (nSPS) is 10.0. The van der Waals surface area contributed by atoms with Crippen molar-refractivity contribution in [1.82, 2.24) is 0 Å². The van der Waals surface area contributed by atoms with Crippen molar-refractivity contribution >= 4 is 34.9 Å². The Labute approximate surface area is 123 Å². The summed E-state index contributed by atoms with van der Waals surface area (Å²) in [5.41, 5.74) is 1.34. The lowest BCUT2D eigenvalue weighted by Gasteiger charge is -2.24. The van der Waals surface area contributed by atoms with E-state index >= 15 is 0 Å². The van der Waals surface area contributed by atoms with Crippen molar-refractivity contribution in [2.45, 2.75) is 20.3 Å². The SMILES string of the molecule is CCCN(CC(=O)OC)c1cc(NC(C)=O)ccc1Cl. The van der Waals surface area contributed by atoms with Gasteiger partial charge in [0, 0.05) is 19.2 Å². The Morgan fingerprint density at radius 1 is 1.40 bits per heavy atom. The highest BCUT2D eigenvalue weighted by molar-refractivity contribution is 6.33. The van der Waals surface area contributed by atoms with Gasteiger partial charge in [0.2, 0.25) is 5.91 Å². The number of methoxy groups -OCH3 is 1. The molecular formula is C14H19ClN2O3. The minimum atomic E-state index is -0.334. The van der Waals surface area contributed by atoms with Crippen molar-refractivity contribution in [3.8, 4) is 0 Å². The summed E-state index contributed by atoms with van der Waals surface area (Å²) < 4.78 is 4.69. The lowest BCUT2D eigenvalue weighted by atomic mass is 10.2. The molecule has 1 aromatic rings. The number of benzene rings is 1. The van der Waals surface area contributed by atoms with Gasteiger partial charge in [0.15, 0.2) is 0 Å². The van der Waals surface area contributed by atoms with Gasteiger partial charge in [-0.25, -0.2) is 0 Å². The average molecular weight is 299 g/mol. The van der Waals surface area contributed by atoms with Gasteiger partial charge >= 0.3 is 5.97 Å². The zero-order valence-corrected chi connectivity index (χ0v) is 12.7. The van der Waals surface area contributed by atoms with Gasteiger partial charge in [0.25, 0.3) is 0 Å². The summed E-state index contributed by atoms with van der Waals surface area (Å²) in [7, 11) is 1.35. The molecule has 0 aliphatic carbocycles. The van der Waals surface area contributed by atoms with Gasteiger partial charge in [-0.1, -0.05) is 18.5 Å². The van der Waals surface area contributed by atoms with Crippen molar-refractivity contribution < 1.29 is 14.3 Å². The topological polar surface area (TPSA) is 58.6 Å². The van der Waals surface area contributed by atoms with E-state index in [1.807, 2.05) is 11.8 Å². The first kappa shape index (κ1) is 16.3. The number of carbonyl (C=O) groups is 2. The summed E-state index contributed by atoms with van der Waals surface area (Å²) in [5.74, 6) is -0.493. The number of nitrogens with one attached hydrogen (secondary N) is 1. The van der Waals surface area contributed by atoms with Crippen molar-refractivity contribution in [1.29, 1.82) is 0 Å². The van der Waals surface area contributed by atoms with Gasteiger partial charge in [-0.2, -0.15) is 0 Å². The van der Waals surface area contributed by atoms with E-state index in [0.29, 0.717) is 22.9 Å². The monoisotopic (exact) mass is 298 g/mol. The fourth-order valence-corrected chi connectivity index (χ4v) is 2.05. The molecule has 6 heteroatoms. The molecule has 110 valence electrons. The van der Waals surface area contributed by atoms with Crippen LogP contribution >= 0.6 is 11.6 Å². The molecule has 0 saturated carbocycles. The number of rotatable bonds is 6. The van der Waals surface area contributed by atoms with E-state index < -0.39 is 0 Å². The molecule has 0 aromatic heterocycles. The van der Waals surface area contributed by atoms with Crippen LogP contribution in [-0.4, -0.2) is 32.1 Å². The van der Waals surface area contributed by atoms with E-state index in [1.165, 1.54) is 14.0 Å². The first-order valence-electron chi connectivity index (χ1n) is 6.36. The van der Waals surface area contributed by atoms with Crippen molar-refractivity contribution in [3.63, 3.8) is 0 Å². The van der Waals surface area contributed by atoms with Crippen molar-refractivity contribution in [2.24, 2.45) is 0 Å². The fourth-order valence-electron chi connectivity index (χ4n) is 1.81. The third kappa shape index (κ3) is 4.74. The molecule has 0 heterocycles. The maximum absolute atomic E-state index is 11.5. The molecule has 0 radical (unpaired) electrons. The van der Waals surface area contributed by atoms with Crippen LogP contribution in [0.3, 0.4) is 0 Å². The molecule has 5 nitrogen and oxygen atoms in total. The molecule has 0 atom stereocenters. The van der Waals surface area contributed by atoms with E-state index in [9.17, 15) is 9.59 Å². The molecular weight excluding hydrogens is 280 g/mol. The molecule has 1 N–H and O–H groups in total. The fraction of sp³-hybridized carbons (Fsp3) is 0.429. The summed E-state index contributed by atoms with van der Waals surface area (Å²) in [6.07, 6.45) is 0.859. The van der Waals surface area contributed by atoms with Crippen LogP contribution in [0, 0.1) is 0 Å². The summed E-state index contributed by atoms with van der Waals surface area (Å²) in [5, 5.41) is 3.22. The van der Waals surface area contributed by atoms with Gasteiger partial charge in [0.1, 0.15) is 6.54 Å². The number of ether oxygens (including phenoxy) is 1. The number of amides is 1.